The quantitative estimate of drug-likeness (QED) is 0.139. The maximum absolute atomic E-state index is 8.25. The Labute approximate surface area is 225 Å². The third-order valence-electron chi connectivity index (χ3n) is 0. The first-order chi connectivity index (χ1) is 13.9. The largest absolute Gasteiger partial charge is 3.00 e. The Balaban J connectivity index is -0.0000000206. The maximum Gasteiger partial charge on any atom is 3.00 e. The first-order valence-electron chi connectivity index (χ1n) is 4.38. The van der Waals surface area contributed by atoms with Gasteiger partial charge < -0.3 is 123 Å². The summed E-state index contributed by atoms with van der Waals surface area (Å²) in [5, 5.41) is 118. The molecule has 0 aromatic rings. The summed E-state index contributed by atoms with van der Waals surface area (Å²) in [4.78, 5) is 66.0. The van der Waals surface area contributed by atoms with Gasteiger partial charge in [-0.05, 0) is 0 Å². The molecule has 35 heteroatoms. The molecule has 0 amide bonds. The Morgan fingerprint density at radius 3 is 0.257 bits per heavy atom. The molecule has 0 atom stereocenters. The van der Waals surface area contributed by atoms with E-state index in [1.54, 1.807) is 0 Å². The van der Waals surface area contributed by atoms with Crippen LogP contribution < -0.4 is 0 Å². The summed E-state index contributed by atoms with van der Waals surface area (Å²) in [6.07, 6.45) is 0. The first-order valence-corrected chi connectivity index (χ1v) is 4.38. The number of hydrogen-bond donors (Lipinski definition) is 0. The van der Waals surface area contributed by atoms with Crippen molar-refractivity contribution in [2.24, 2.45) is 0 Å². The van der Waals surface area contributed by atoms with Crippen LogP contribution in [-0.2, 0) is 16.8 Å². The van der Waals surface area contributed by atoms with Crippen LogP contribution in [0, 0.1) is 123 Å². The molecule has 0 aliphatic carbocycles. The molecule has 0 bridgehead atoms. The maximum atomic E-state index is 8.25. The molecule has 0 aliphatic heterocycles. The van der Waals surface area contributed by atoms with Gasteiger partial charge in [0.1, 0.15) is 0 Å². The monoisotopic (exact) mass is 739 g/mol. The van der Waals surface area contributed by atoms with Crippen molar-refractivity contribution in [3.63, 3.8) is 0 Å². The second-order valence-electron chi connectivity index (χ2n) is 1.79. The zero-order valence-corrected chi connectivity index (χ0v) is 21.6. The molecule has 32 nitrogen and oxygen atoms in total. The minimum absolute atomic E-state index is 0. The summed E-state index contributed by atoms with van der Waals surface area (Å²) in [6, 6.07) is 0. The summed E-state index contributed by atoms with van der Waals surface area (Å²) >= 11 is 0. The minimum Gasteiger partial charge on any atom is -0.356 e. The van der Waals surface area contributed by atoms with Crippen molar-refractivity contribution in [3.05, 3.63) is 123 Å². The summed E-state index contributed by atoms with van der Waals surface area (Å²) < 4.78 is 0. The molecule has 199 valence electrons. The Morgan fingerprint density at radius 1 is 0.257 bits per heavy atom. The van der Waals surface area contributed by atoms with E-state index in [-0.39, 0.29) is 62.4 Å². The van der Waals surface area contributed by atoms with Gasteiger partial charge in [-0.1, -0.05) is 0 Å². The molecular weight excluding hydrogens is 740 g/mol. The molecule has 0 rings (SSSR count). The van der Waals surface area contributed by atoms with Gasteiger partial charge in [-0.15, -0.1) is 0 Å². The zero-order valence-electron chi connectivity index (χ0n) is 14.9. The molecular formula is CoGaInN8O24. The molecule has 0 N–H and O–H groups in total. The summed E-state index contributed by atoms with van der Waals surface area (Å²) in [7, 11) is 0. The second kappa shape index (κ2) is 63.0. The molecule has 0 aliphatic rings. The van der Waals surface area contributed by atoms with Crippen molar-refractivity contribution >= 4 is 45.6 Å². The van der Waals surface area contributed by atoms with Gasteiger partial charge in [-0.3, -0.25) is 0 Å². The van der Waals surface area contributed by atoms with Gasteiger partial charge in [0.05, 0.1) is 40.7 Å². The van der Waals surface area contributed by atoms with Gasteiger partial charge in [0.25, 0.3) is 0 Å². The first kappa shape index (κ1) is 69.8. The van der Waals surface area contributed by atoms with E-state index in [0.717, 1.165) is 0 Å². The smallest absolute Gasteiger partial charge is 0.356 e. The van der Waals surface area contributed by atoms with Gasteiger partial charge >= 0.3 is 62.4 Å². The Bertz CT molecular complexity index is 374. The molecule has 0 spiro atoms. The number of hydrogen-bond acceptors (Lipinski definition) is 24. The van der Waals surface area contributed by atoms with E-state index in [0.29, 0.717) is 0 Å². The molecule has 0 aromatic heterocycles. The van der Waals surface area contributed by atoms with E-state index >= 15 is 0 Å². The average molecular weight is 740 g/mol. The standard InChI is InChI=1S/Co.Ga.In.8NO3/c;;;8*2-1(3)4/q+2;2*+3;8*-1. The topological polar surface area (TPSA) is 530 Å². The summed E-state index contributed by atoms with van der Waals surface area (Å²) in [6.45, 7) is 0. The fraction of sp³-hybridized carbons (Fsp3) is 0. The summed E-state index contributed by atoms with van der Waals surface area (Å²) in [5.41, 5.74) is 0. The van der Waals surface area contributed by atoms with Crippen LogP contribution in [0.5, 0.6) is 0 Å². The van der Waals surface area contributed by atoms with E-state index in [1.807, 2.05) is 0 Å². The van der Waals surface area contributed by atoms with Gasteiger partial charge in [-0.25, -0.2) is 0 Å². The van der Waals surface area contributed by atoms with Crippen molar-refractivity contribution in [1.82, 2.24) is 0 Å². The fourth-order valence-electron chi connectivity index (χ4n) is 0. The third kappa shape index (κ3) is 1170. The van der Waals surface area contributed by atoms with Crippen LogP contribution in [-0.4, -0.2) is 86.3 Å². The van der Waals surface area contributed by atoms with Crippen molar-refractivity contribution in [3.8, 4) is 0 Å². The number of rotatable bonds is 0. The predicted molar refractivity (Wildman–Crippen MR) is 94.4 cm³/mol. The molecule has 0 saturated heterocycles. The molecule has 0 fully saturated rings. The van der Waals surface area contributed by atoms with Crippen LogP contribution in [0.15, 0.2) is 0 Å². The van der Waals surface area contributed by atoms with Crippen LogP contribution in [0.4, 0.5) is 0 Å². The SMILES string of the molecule is O=[N+]([O-])[O-].O=[N+]([O-])[O-].O=[N+]([O-])[O-].O=[N+]([O-])[O-].O=[N+]([O-])[O-].O=[N+]([O-])[O-].O=[N+]([O-])[O-].O=[N+]([O-])[O-].[Co+2].[Ga+3].[In+3]. The molecule has 0 aromatic carbocycles. The van der Waals surface area contributed by atoms with E-state index in [2.05, 4.69) is 0 Å². The zero-order chi connectivity index (χ0) is 28.6. The predicted octanol–water partition coefficient (Wildman–Crippen LogP) is -2.68. The van der Waals surface area contributed by atoms with E-state index in [9.17, 15) is 0 Å². The molecule has 1 radical (unpaired) electrons. The molecule has 0 heterocycles. The Hall–Kier alpha value is -4.39. The Morgan fingerprint density at radius 2 is 0.257 bits per heavy atom. The van der Waals surface area contributed by atoms with E-state index in [1.165, 1.54) is 0 Å². The van der Waals surface area contributed by atoms with Crippen LogP contribution in [0.2, 0.25) is 0 Å². The van der Waals surface area contributed by atoms with Gasteiger partial charge in [0, 0.05) is 0 Å². The van der Waals surface area contributed by atoms with E-state index in [4.69, 9.17) is 123 Å². The van der Waals surface area contributed by atoms with Crippen LogP contribution in [0.3, 0.4) is 0 Å². The fourth-order valence-corrected chi connectivity index (χ4v) is 0. The number of nitrogens with zero attached hydrogens (tertiary/aromatic N) is 8. The van der Waals surface area contributed by atoms with Crippen molar-refractivity contribution in [1.29, 1.82) is 0 Å². The van der Waals surface area contributed by atoms with Crippen LogP contribution in [0.1, 0.15) is 0 Å². The molecule has 0 unspecified atom stereocenters. The Kier molecular flexibility index (Phi) is 126. The van der Waals surface area contributed by atoms with Crippen LogP contribution >= 0.6 is 0 Å². The van der Waals surface area contributed by atoms with Gasteiger partial charge in [0.2, 0.25) is 0 Å². The van der Waals surface area contributed by atoms with Crippen molar-refractivity contribution in [2.75, 3.05) is 0 Å². The van der Waals surface area contributed by atoms with E-state index < -0.39 is 40.7 Å². The van der Waals surface area contributed by atoms with Crippen molar-refractivity contribution < 1.29 is 57.5 Å². The minimum atomic E-state index is -1.75. The second-order valence-corrected chi connectivity index (χ2v) is 1.79. The average Bonchev–Trinajstić information content (AvgIpc) is 2.30. The van der Waals surface area contributed by atoms with Crippen LogP contribution in [0.25, 0.3) is 0 Å². The summed E-state index contributed by atoms with van der Waals surface area (Å²) in [5.74, 6) is 0. The van der Waals surface area contributed by atoms with Gasteiger partial charge in [0.15, 0.2) is 0 Å². The molecule has 0 saturated carbocycles. The molecule has 35 heavy (non-hydrogen) atoms. The van der Waals surface area contributed by atoms with Crippen molar-refractivity contribution in [2.45, 2.75) is 0 Å². The van der Waals surface area contributed by atoms with Gasteiger partial charge in [-0.2, -0.15) is 0 Å². The normalized spacial score (nSPS) is 5.49. The third-order valence-corrected chi connectivity index (χ3v) is 0.